The van der Waals surface area contributed by atoms with Gasteiger partial charge in [0.2, 0.25) is 0 Å². The van der Waals surface area contributed by atoms with E-state index in [1.807, 2.05) is 6.08 Å². The van der Waals surface area contributed by atoms with Gasteiger partial charge in [0.05, 0.1) is 6.10 Å². The molecule has 3 fully saturated rings. The molecule has 2 nitrogen and oxygen atoms in total. The summed E-state index contributed by atoms with van der Waals surface area (Å²) in [6.45, 7) is 17.0. The maximum atomic E-state index is 12.0. The van der Waals surface area contributed by atoms with Gasteiger partial charge in [0, 0.05) is 6.42 Å². The van der Waals surface area contributed by atoms with Crippen LogP contribution in [0.5, 0.6) is 0 Å². The Bertz CT molecular complexity index is 687. The zero-order valence-electron chi connectivity index (χ0n) is 19.4. The van der Waals surface area contributed by atoms with Crippen molar-refractivity contribution in [1.29, 1.82) is 0 Å². The molecule has 4 aliphatic carbocycles. The van der Waals surface area contributed by atoms with Crippen molar-refractivity contribution in [1.82, 2.24) is 0 Å². The monoisotopic (exact) mass is 402 g/mol. The van der Waals surface area contributed by atoms with Crippen LogP contribution in [-0.4, -0.2) is 20.2 Å². The third-order valence-corrected chi connectivity index (χ3v) is 14.6. The molecule has 0 aromatic rings. The van der Waals surface area contributed by atoms with Crippen molar-refractivity contribution < 1.29 is 9.22 Å². The fourth-order valence-corrected chi connectivity index (χ4v) is 8.69. The van der Waals surface area contributed by atoms with Crippen LogP contribution in [0.4, 0.5) is 0 Å². The van der Waals surface area contributed by atoms with Crippen LogP contribution in [0.3, 0.4) is 0 Å². The quantitative estimate of drug-likeness (QED) is 0.469. The Kier molecular flexibility index (Phi) is 4.87. The topological polar surface area (TPSA) is 26.3 Å². The van der Waals surface area contributed by atoms with E-state index in [2.05, 4.69) is 47.7 Å². The van der Waals surface area contributed by atoms with Gasteiger partial charge in [0.1, 0.15) is 0 Å². The lowest BCUT2D eigenvalue weighted by atomic mass is 9.47. The van der Waals surface area contributed by atoms with Crippen LogP contribution in [0.15, 0.2) is 11.6 Å². The fraction of sp³-hybridized carbons (Fsp3) is 0.880. The molecule has 3 saturated carbocycles. The van der Waals surface area contributed by atoms with Gasteiger partial charge < -0.3 is 4.43 Å². The largest absolute Gasteiger partial charge is 0.413 e. The molecule has 6 atom stereocenters. The van der Waals surface area contributed by atoms with Gasteiger partial charge in [-0.3, -0.25) is 4.79 Å². The first kappa shape index (κ1) is 20.8. The van der Waals surface area contributed by atoms with Crippen molar-refractivity contribution in [3.05, 3.63) is 11.6 Å². The van der Waals surface area contributed by atoms with Crippen LogP contribution < -0.4 is 0 Å². The van der Waals surface area contributed by atoms with E-state index in [9.17, 15) is 4.79 Å². The molecule has 0 N–H and O–H groups in total. The summed E-state index contributed by atoms with van der Waals surface area (Å²) < 4.78 is 7.04. The molecule has 158 valence electrons. The second-order valence-corrected chi connectivity index (χ2v) is 17.2. The minimum Gasteiger partial charge on any atom is -0.413 e. The molecule has 0 aromatic heterocycles. The zero-order valence-corrected chi connectivity index (χ0v) is 20.4. The number of hydrogen-bond donors (Lipinski definition) is 0. The van der Waals surface area contributed by atoms with Crippen LogP contribution in [0.1, 0.15) is 86.0 Å². The highest BCUT2D eigenvalue weighted by Gasteiger charge is 2.60. The van der Waals surface area contributed by atoms with E-state index in [4.69, 9.17) is 4.43 Å². The molecule has 0 amide bonds. The van der Waals surface area contributed by atoms with Gasteiger partial charge in [-0.15, -0.1) is 0 Å². The van der Waals surface area contributed by atoms with Gasteiger partial charge in [0.25, 0.3) is 0 Å². The fourth-order valence-electron chi connectivity index (χ4n) is 7.24. The van der Waals surface area contributed by atoms with Crippen LogP contribution >= 0.6 is 0 Å². The predicted octanol–water partition coefficient (Wildman–Crippen LogP) is 6.91. The molecule has 0 aromatic carbocycles. The lowest BCUT2D eigenvalue weighted by molar-refractivity contribution is -0.117. The summed E-state index contributed by atoms with van der Waals surface area (Å²) in [6, 6.07) is 0. The molecule has 28 heavy (non-hydrogen) atoms. The van der Waals surface area contributed by atoms with E-state index < -0.39 is 8.32 Å². The van der Waals surface area contributed by atoms with Crippen molar-refractivity contribution >= 4 is 14.1 Å². The van der Waals surface area contributed by atoms with Gasteiger partial charge >= 0.3 is 0 Å². The van der Waals surface area contributed by atoms with Crippen molar-refractivity contribution in [3.8, 4) is 0 Å². The first-order valence-electron chi connectivity index (χ1n) is 11.8. The number of carbonyl (C=O) groups excluding carboxylic acids is 1. The van der Waals surface area contributed by atoms with Crippen molar-refractivity contribution in [2.75, 3.05) is 0 Å². The van der Waals surface area contributed by atoms with Crippen molar-refractivity contribution in [2.24, 2.45) is 28.6 Å². The summed E-state index contributed by atoms with van der Waals surface area (Å²) in [5, 5.41) is 0.283. The zero-order chi connectivity index (χ0) is 20.5. The van der Waals surface area contributed by atoms with Crippen LogP contribution in [0, 0.1) is 28.6 Å². The summed E-state index contributed by atoms with van der Waals surface area (Å²) in [6.07, 6.45) is 12.1. The molecule has 0 heterocycles. The Labute approximate surface area is 174 Å². The van der Waals surface area contributed by atoms with Gasteiger partial charge in [-0.1, -0.05) is 40.2 Å². The summed E-state index contributed by atoms with van der Waals surface area (Å²) in [4.78, 5) is 12.0. The normalized spacial score (nSPS) is 43.8. The molecule has 0 spiro atoms. The Morgan fingerprint density at radius 2 is 1.71 bits per heavy atom. The number of hydrogen-bond acceptors (Lipinski definition) is 2. The Morgan fingerprint density at radius 1 is 1.00 bits per heavy atom. The highest BCUT2D eigenvalue weighted by atomic mass is 28.4. The van der Waals surface area contributed by atoms with E-state index >= 15 is 0 Å². The van der Waals surface area contributed by atoms with Crippen molar-refractivity contribution in [2.45, 2.75) is 110 Å². The highest BCUT2D eigenvalue weighted by molar-refractivity contribution is 6.74. The Hall–Kier alpha value is -0.413. The number of rotatable bonds is 2. The lowest BCUT2D eigenvalue weighted by Crippen LogP contribution is -2.53. The first-order chi connectivity index (χ1) is 12.9. The molecular weight excluding hydrogens is 360 g/mol. The lowest BCUT2D eigenvalue weighted by Gasteiger charge is -2.58. The molecule has 4 rings (SSSR count). The minimum absolute atomic E-state index is 0.283. The number of allylic oxidation sites excluding steroid dienone is 1. The smallest absolute Gasteiger partial charge is 0.192 e. The predicted molar refractivity (Wildman–Crippen MR) is 119 cm³/mol. The SMILES string of the molecule is CC12CCC(=O)C=C1CCC1C2CCC2(C)C(O[Si](C)(C)C(C)(C)C)CCC12. The van der Waals surface area contributed by atoms with Crippen LogP contribution in [-0.2, 0) is 9.22 Å². The molecule has 0 saturated heterocycles. The van der Waals surface area contributed by atoms with Crippen molar-refractivity contribution in [3.63, 3.8) is 0 Å². The highest BCUT2D eigenvalue weighted by Crippen LogP contribution is 2.66. The average molecular weight is 403 g/mol. The Morgan fingerprint density at radius 3 is 2.39 bits per heavy atom. The average Bonchev–Trinajstić information content (AvgIpc) is 2.91. The van der Waals surface area contributed by atoms with E-state index in [0.717, 1.165) is 37.0 Å². The number of ketones is 1. The van der Waals surface area contributed by atoms with E-state index in [-0.39, 0.29) is 10.5 Å². The number of fused-ring (bicyclic) bond motifs is 5. The van der Waals surface area contributed by atoms with Gasteiger partial charge in [0.15, 0.2) is 14.1 Å². The van der Waals surface area contributed by atoms with Crippen LogP contribution in [0.2, 0.25) is 18.1 Å². The Balaban J connectivity index is 1.57. The molecular formula is C25H42O2Si. The molecule has 0 radical (unpaired) electrons. The summed E-state index contributed by atoms with van der Waals surface area (Å²) in [5.41, 5.74) is 2.13. The minimum atomic E-state index is -1.73. The van der Waals surface area contributed by atoms with Gasteiger partial charge in [-0.2, -0.15) is 0 Å². The maximum absolute atomic E-state index is 12.0. The van der Waals surface area contributed by atoms with E-state index in [1.165, 1.54) is 37.7 Å². The summed E-state index contributed by atoms with van der Waals surface area (Å²) >= 11 is 0. The first-order valence-corrected chi connectivity index (χ1v) is 14.7. The second-order valence-electron chi connectivity index (χ2n) is 12.5. The molecule has 3 heteroatoms. The molecule has 0 aliphatic heterocycles. The van der Waals surface area contributed by atoms with E-state index in [0.29, 0.717) is 17.3 Å². The van der Waals surface area contributed by atoms with Gasteiger partial charge in [-0.25, -0.2) is 0 Å². The second kappa shape index (κ2) is 6.54. The molecule has 4 aliphatic rings. The third kappa shape index (κ3) is 3.02. The summed E-state index contributed by atoms with van der Waals surface area (Å²) in [5.74, 6) is 2.81. The molecule has 6 unspecified atom stereocenters. The van der Waals surface area contributed by atoms with Gasteiger partial charge in [-0.05, 0) is 97.7 Å². The standard InChI is InChI=1S/C25H42O2Si/c1-23(2,3)28(6,7)27-22-11-10-20-19-9-8-17-16-18(26)12-14-24(17,4)21(19)13-15-25(20,22)5/h16,19-22H,8-15H2,1-7H3. The van der Waals surface area contributed by atoms with E-state index in [1.54, 1.807) is 0 Å². The number of carbonyl (C=O) groups is 1. The van der Waals surface area contributed by atoms with Crippen LogP contribution in [0.25, 0.3) is 0 Å². The molecule has 0 bridgehead atoms. The maximum Gasteiger partial charge on any atom is 0.192 e. The summed E-state index contributed by atoms with van der Waals surface area (Å²) in [7, 11) is -1.73. The third-order valence-electron chi connectivity index (χ3n) is 10.1.